The predicted octanol–water partition coefficient (Wildman–Crippen LogP) is 2.97. The first-order valence-electron chi connectivity index (χ1n) is 7.24. The van der Waals surface area contributed by atoms with E-state index in [-0.39, 0.29) is 37.9 Å². The van der Waals surface area contributed by atoms with Gasteiger partial charge in [0.2, 0.25) is 0 Å². The van der Waals surface area contributed by atoms with Gasteiger partial charge in [-0.3, -0.25) is 13.8 Å². The molecule has 2 N–H and O–H groups in total. The van der Waals surface area contributed by atoms with Crippen LogP contribution in [-0.4, -0.2) is 32.4 Å². The molecule has 4 nitrogen and oxygen atoms in total. The fourth-order valence-corrected chi connectivity index (χ4v) is 1.96. The van der Waals surface area contributed by atoms with E-state index in [9.17, 15) is 8.78 Å². The van der Waals surface area contributed by atoms with Crippen LogP contribution in [0.1, 0.15) is 31.7 Å². The molecule has 0 bridgehead atoms. The fraction of sp³-hybridized carbons (Fsp3) is 0.412. The number of benzene rings is 1. The summed E-state index contributed by atoms with van der Waals surface area (Å²) >= 11 is 0. The molecule has 1 aromatic heterocycles. The first-order valence-corrected chi connectivity index (χ1v) is 7.24. The maximum atomic E-state index is 13.5. The Morgan fingerprint density at radius 3 is 2.17 bits per heavy atom. The number of nitrogens with zero attached hydrogens (tertiary/aromatic N) is 2. The molecule has 0 aliphatic heterocycles. The van der Waals surface area contributed by atoms with E-state index in [0.29, 0.717) is 17.8 Å². The summed E-state index contributed by atoms with van der Waals surface area (Å²) in [5.41, 5.74) is 1.89. The molecule has 1 radical (unpaired) electrons. The number of hydrogen-bond acceptors (Lipinski definition) is 4. The summed E-state index contributed by atoms with van der Waals surface area (Å²) in [6, 6.07) is 4.42. The van der Waals surface area contributed by atoms with Crippen LogP contribution < -0.4 is 0 Å². The third-order valence-corrected chi connectivity index (χ3v) is 2.84. The van der Waals surface area contributed by atoms with Crippen LogP contribution in [0.5, 0.6) is 0 Å². The molecule has 0 aliphatic rings. The minimum Gasteiger partial charge on any atom is -0.393 e. The number of aliphatic hydroxyl groups excluding tert-OH is 2. The molecular formula is C17H21F2IrN2O2-. The van der Waals surface area contributed by atoms with E-state index in [0.717, 1.165) is 17.8 Å². The van der Waals surface area contributed by atoms with Crippen molar-refractivity contribution in [3.8, 4) is 11.3 Å². The summed E-state index contributed by atoms with van der Waals surface area (Å²) in [5, 5.41) is 17.1. The van der Waals surface area contributed by atoms with Gasteiger partial charge in [0, 0.05) is 49.3 Å². The Hall–Kier alpha value is -1.27. The minimum atomic E-state index is -0.679. The van der Waals surface area contributed by atoms with Crippen LogP contribution in [0.25, 0.3) is 11.3 Å². The quantitative estimate of drug-likeness (QED) is 0.617. The third kappa shape index (κ3) is 7.53. The zero-order valence-electron chi connectivity index (χ0n) is 14.0. The second-order valence-electron chi connectivity index (χ2n) is 5.42. The van der Waals surface area contributed by atoms with Crippen molar-refractivity contribution in [2.75, 3.05) is 0 Å². The third-order valence-electron chi connectivity index (χ3n) is 2.84. The molecule has 2 unspecified atom stereocenters. The average Bonchev–Trinajstić information content (AvgIpc) is 2.39. The van der Waals surface area contributed by atoms with E-state index in [1.165, 1.54) is 0 Å². The van der Waals surface area contributed by atoms with Crippen LogP contribution >= 0.6 is 0 Å². The molecule has 0 spiro atoms. The number of aryl methyl sites for hydroxylation is 2. The van der Waals surface area contributed by atoms with Gasteiger partial charge in [-0.15, -0.1) is 12.1 Å². The van der Waals surface area contributed by atoms with Crippen LogP contribution in [0.3, 0.4) is 0 Å². The van der Waals surface area contributed by atoms with Crippen molar-refractivity contribution in [3.63, 3.8) is 0 Å². The van der Waals surface area contributed by atoms with E-state index in [1.54, 1.807) is 33.9 Å². The molecule has 24 heavy (non-hydrogen) atoms. The van der Waals surface area contributed by atoms with Gasteiger partial charge in [-0.25, -0.2) is 0 Å². The summed E-state index contributed by atoms with van der Waals surface area (Å²) in [4.78, 5) is 8.25. The number of hydrogen-bond donors (Lipinski definition) is 2. The topological polar surface area (TPSA) is 66.2 Å². The summed E-state index contributed by atoms with van der Waals surface area (Å²) in [7, 11) is 0. The number of halogens is 2. The van der Waals surface area contributed by atoms with E-state index >= 15 is 0 Å². The van der Waals surface area contributed by atoms with Gasteiger partial charge in [0.25, 0.3) is 0 Å². The summed E-state index contributed by atoms with van der Waals surface area (Å²) in [6.07, 6.45) is 1.26. The van der Waals surface area contributed by atoms with Crippen molar-refractivity contribution in [1.29, 1.82) is 0 Å². The zero-order chi connectivity index (χ0) is 17.6. The van der Waals surface area contributed by atoms with Crippen molar-refractivity contribution >= 4 is 0 Å². The first-order chi connectivity index (χ1) is 10.7. The Balaban J connectivity index is 0.000000570. The molecule has 135 valence electrons. The van der Waals surface area contributed by atoms with Crippen molar-refractivity contribution in [2.24, 2.45) is 0 Å². The molecule has 0 fully saturated rings. The Labute approximate surface area is 154 Å². The Morgan fingerprint density at radius 2 is 1.75 bits per heavy atom. The van der Waals surface area contributed by atoms with Gasteiger partial charge in [-0.1, -0.05) is 11.6 Å². The smallest absolute Gasteiger partial charge is 0.0539 e. The van der Waals surface area contributed by atoms with Crippen molar-refractivity contribution in [1.82, 2.24) is 9.97 Å². The maximum absolute atomic E-state index is 13.5. The molecule has 0 saturated carbocycles. The van der Waals surface area contributed by atoms with Crippen LogP contribution in [0.15, 0.2) is 18.3 Å². The van der Waals surface area contributed by atoms with Gasteiger partial charge in [-0.05, 0) is 34.1 Å². The zero-order valence-corrected chi connectivity index (χ0v) is 16.4. The van der Waals surface area contributed by atoms with Gasteiger partial charge >= 0.3 is 0 Å². The SMILES string of the molecule is CC(O)CC(C)O.Cc1cnc(-c2[c-]cc(F)cc2F)c(C)n1.[Ir]. The average molecular weight is 516 g/mol. The van der Waals surface area contributed by atoms with Crippen LogP contribution in [0.4, 0.5) is 8.78 Å². The molecule has 1 heterocycles. The van der Waals surface area contributed by atoms with Gasteiger partial charge < -0.3 is 15.2 Å². The van der Waals surface area contributed by atoms with Crippen LogP contribution in [0, 0.1) is 31.5 Å². The van der Waals surface area contributed by atoms with E-state index < -0.39 is 11.6 Å². The number of rotatable bonds is 3. The van der Waals surface area contributed by atoms with Crippen molar-refractivity contribution in [2.45, 2.75) is 46.3 Å². The van der Waals surface area contributed by atoms with Gasteiger partial charge in [0.05, 0.1) is 17.9 Å². The van der Waals surface area contributed by atoms with Crippen molar-refractivity contribution < 1.29 is 39.1 Å². The van der Waals surface area contributed by atoms with Gasteiger partial charge in [0.1, 0.15) is 0 Å². The Bertz CT molecular complexity index is 597. The van der Waals surface area contributed by atoms with Crippen LogP contribution in [-0.2, 0) is 20.1 Å². The Kier molecular flexibility index (Phi) is 10.0. The fourth-order valence-electron chi connectivity index (χ4n) is 1.96. The van der Waals surface area contributed by atoms with E-state index in [4.69, 9.17) is 10.2 Å². The molecule has 0 amide bonds. The van der Waals surface area contributed by atoms with E-state index in [1.807, 2.05) is 0 Å². The molecule has 0 saturated heterocycles. The summed E-state index contributed by atoms with van der Waals surface area (Å²) in [6.45, 7) is 6.85. The summed E-state index contributed by atoms with van der Waals surface area (Å²) < 4.78 is 26.2. The molecule has 1 aromatic carbocycles. The maximum Gasteiger partial charge on any atom is 0.0539 e. The standard InChI is InChI=1S/C12H9F2N2.C5H12O2.Ir/c1-7-6-15-12(8(2)16-7)10-4-3-9(13)5-11(10)14;1-4(6)3-5(2)7;/h3,5-6H,1-2H3;4-7H,3H2,1-2H3;/q-1;;. The second-order valence-corrected chi connectivity index (χ2v) is 5.42. The predicted molar refractivity (Wildman–Crippen MR) is 83.7 cm³/mol. The monoisotopic (exact) mass is 516 g/mol. The van der Waals surface area contributed by atoms with Gasteiger partial charge in [0.15, 0.2) is 0 Å². The summed E-state index contributed by atoms with van der Waals surface area (Å²) in [5.74, 6) is -1.33. The van der Waals surface area contributed by atoms with Crippen molar-refractivity contribution in [3.05, 3.63) is 47.4 Å². The molecule has 2 rings (SSSR count). The molecular weight excluding hydrogens is 494 g/mol. The van der Waals surface area contributed by atoms with E-state index in [2.05, 4.69) is 16.0 Å². The normalized spacial score (nSPS) is 12.5. The minimum absolute atomic E-state index is 0. The van der Waals surface area contributed by atoms with Gasteiger partial charge in [-0.2, -0.15) is 0 Å². The molecule has 7 heteroatoms. The second kappa shape index (κ2) is 10.6. The molecule has 0 aliphatic carbocycles. The number of aromatic nitrogens is 2. The Morgan fingerprint density at radius 1 is 1.17 bits per heavy atom. The number of aliphatic hydroxyl groups is 2. The largest absolute Gasteiger partial charge is 0.393 e. The first kappa shape index (κ1) is 22.7. The van der Waals surface area contributed by atoms with Crippen LogP contribution in [0.2, 0.25) is 0 Å². The molecule has 2 aromatic rings. The molecule has 2 atom stereocenters.